The van der Waals surface area contributed by atoms with Crippen molar-refractivity contribution in [3.63, 3.8) is 0 Å². The second kappa shape index (κ2) is 7.83. The first-order valence-electron chi connectivity index (χ1n) is 12.5. The summed E-state index contributed by atoms with van der Waals surface area (Å²) >= 11 is 0. The van der Waals surface area contributed by atoms with Crippen molar-refractivity contribution >= 4 is 11.9 Å². The van der Waals surface area contributed by atoms with Gasteiger partial charge in [0.1, 0.15) is 0 Å². The zero-order valence-electron chi connectivity index (χ0n) is 20.2. The van der Waals surface area contributed by atoms with Gasteiger partial charge < -0.3 is 9.47 Å². The Hall–Kier alpha value is -1.94. The number of carbonyl (C=O) groups is 2. The maximum atomic E-state index is 12.3. The van der Waals surface area contributed by atoms with Gasteiger partial charge in [0.15, 0.2) is 11.2 Å². The molecule has 0 saturated heterocycles. The van der Waals surface area contributed by atoms with Gasteiger partial charge in [-0.05, 0) is 67.6 Å². The maximum Gasteiger partial charge on any atom is 0.307 e. The van der Waals surface area contributed by atoms with E-state index in [1.165, 1.54) is 0 Å². The van der Waals surface area contributed by atoms with E-state index in [-0.39, 0.29) is 22.8 Å². The van der Waals surface area contributed by atoms with E-state index in [1.54, 1.807) is 0 Å². The summed E-state index contributed by atoms with van der Waals surface area (Å²) in [6.45, 7) is 8.29. The molecule has 0 radical (unpaired) electrons. The van der Waals surface area contributed by atoms with Gasteiger partial charge >= 0.3 is 11.9 Å². The van der Waals surface area contributed by atoms with E-state index in [1.807, 2.05) is 13.8 Å². The van der Waals surface area contributed by atoms with E-state index in [2.05, 4.69) is 25.7 Å². The summed E-state index contributed by atoms with van der Waals surface area (Å²) in [6.07, 6.45) is 20.3. The molecule has 0 heterocycles. The molecule has 0 aromatic rings. The van der Waals surface area contributed by atoms with Crippen molar-refractivity contribution in [2.75, 3.05) is 0 Å². The molecule has 4 rings (SSSR count). The van der Waals surface area contributed by atoms with Crippen molar-refractivity contribution in [1.82, 2.24) is 0 Å². The highest BCUT2D eigenvalue weighted by atomic mass is 16.6. The zero-order valence-corrected chi connectivity index (χ0v) is 20.2. The Labute approximate surface area is 193 Å². The van der Waals surface area contributed by atoms with Crippen molar-refractivity contribution in [2.24, 2.45) is 34.5 Å². The van der Waals surface area contributed by atoms with Crippen molar-refractivity contribution in [1.29, 1.82) is 0 Å². The molecule has 8 atom stereocenters. The monoisotopic (exact) mass is 438 g/mol. The molecule has 0 bridgehead atoms. The number of rotatable bonds is 4. The van der Waals surface area contributed by atoms with E-state index in [9.17, 15) is 9.59 Å². The Bertz CT molecular complexity index is 879. The standard InChI is InChI=1S/C28H38O4/c1-7-23(29)31-27(9-3)17-19-11-12-20-21(25(19,5)18-27)13-15-26(6)22(20)14-16-28(26,10-4)32-24(30)8-2/h3-4,19-22H,7-8,11-18H2,1-2,5-6H3/t19?,20?,21?,22?,25-,26-,27+,28?/m0/s1. The molecule has 4 heteroatoms. The molecule has 0 aliphatic heterocycles. The molecule has 0 spiro atoms. The summed E-state index contributed by atoms with van der Waals surface area (Å²) < 4.78 is 11.9. The number of ether oxygens (including phenoxy) is 2. The van der Waals surface area contributed by atoms with Crippen LogP contribution in [0, 0.1) is 59.2 Å². The van der Waals surface area contributed by atoms with Gasteiger partial charge in [0.2, 0.25) is 0 Å². The Morgan fingerprint density at radius 1 is 0.906 bits per heavy atom. The van der Waals surface area contributed by atoms with Crippen LogP contribution in [-0.4, -0.2) is 23.1 Å². The number of esters is 2. The number of hydrogen-bond donors (Lipinski definition) is 0. The maximum absolute atomic E-state index is 12.3. The highest BCUT2D eigenvalue weighted by Crippen LogP contribution is 2.70. The van der Waals surface area contributed by atoms with Crippen LogP contribution in [0.5, 0.6) is 0 Å². The predicted octanol–water partition coefficient (Wildman–Crippen LogP) is 5.29. The quantitative estimate of drug-likeness (QED) is 0.442. The molecular formula is C28H38O4. The van der Waals surface area contributed by atoms with E-state index < -0.39 is 11.2 Å². The summed E-state index contributed by atoms with van der Waals surface area (Å²) in [7, 11) is 0. The fraction of sp³-hybridized carbons (Fsp3) is 0.786. The van der Waals surface area contributed by atoms with E-state index in [0.29, 0.717) is 36.5 Å². The molecule has 4 aliphatic carbocycles. The van der Waals surface area contributed by atoms with Crippen molar-refractivity contribution in [3.05, 3.63) is 0 Å². The van der Waals surface area contributed by atoms with Crippen LogP contribution in [0.25, 0.3) is 0 Å². The zero-order chi connectivity index (χ0) is 23.4. The van der Waals surface area contributed by atoms with Crippen LogP contribution in [0.3, 0.4) is 0 Å². The topological polar surface area (TPSA) is 52.6 Å². The Morgan fingerprint density at radius 2 is 1.56 bits per heavy atom. The van der Waals surface area contributed by atoms with Crippen molar-refractivity contribution < 1.29 is 19.1 Å². The van der Waals surface area contributed by atoms with E-state index >= 15 is 0 Å². The molecule has 32 heavy (non-hydrogen) atoms. The predicted molar refractivity (Wildman–Crippen MR) is 123 cm³/mol. The second-order valence-electron chi connectivity index (χ2n) is 11.3. The molecule has 0 amide bonds. The summed E-state index contributed by atoms with van der Waals surface area (Å²) in [5.41, 5.74) is -1.68. The summed E-state index contributed by atoms with van der Waals surface area (Å²) in [6, 6.07) is 0. The third-order valence-corrected chi connectivity index (χ3v) is 10.1. The van der Waals surface area contributed by atoms with Gasteiger partial charge in [-0.1, -0.05) is 39.5 Å². The van der Waals surface area contributed by atoms with Gasteiger partial charge in [-0.25, -0.2) is 0 Å². The molecule has 0 aromatic heterocycles. The average Bonchev–Trinajstić information content (AvgIpc) is 3.25. The van der Waals surface area contributed by atoms with Crippen LogP contribution in [0.15, 0.2) is 0 Å². The molecular weight excluding hydrogens is 400 g/mol. The third kappa shape index (κ3) is 3.13. The molecule has 0 aromatic carbocycles. The highest BCUT2D eigenvalue weighted by Gasteiger charge is 2.68. The first-order chi connectivity index (χ1) is 15.1. The first kappa shape index (κ1) is 23.2. The highest BCUT2D eigenvalue weighted by molar-refractivity contribution is 5.70. The number of terminal acetylenes is 2. The van der Waals surface area contributed by atoms with Crippen LogP contribution >= 0.6 is 0 Å². The van der Waals surface area contributed by atoms with E-state index in [4.69, 9.17) is 22.3 Å². The fourth-order valence-electron chi connectivity index (χ4n) is 8.44. The molecule has 4 aliphatic rings. The minimum atomic E-state index is -0.789. The van der Waals surface area contributed by atoms with Crippen LogP contribution in [0.4, 0.5) is 0 Å². The van der Waals surface area contributed by atoms with E-state index in [0.717, 1.165) is 51.4 Å². The lowest BCUT2D eigenvalue weighted by Crippen LogP contribution is -2.55. The van der Waals surface area contributed by atoms with Gasteiger partial charge in [0, 0.05) is 31.1 Å². The lowest BCUT2D eigenvalue weighted by atomic mass is 9.47. The summed E-state index contributed by atoms with van der Waals surface area (Å²) in [4.78, 5) is 24.4. The van der Waals surface area contributed by atoms with Gasteiger partial charge in [-0.15, -0.1) is 12.8 Å². The van der Waals surface area contributed by atoms with Gasteiger partial charge in [-0.2, -0.15) is 0 Å². The molecule has 174 valence electrons. The normalized spacial score (nSPS) is 46.7. The number of fused-ring (bicyclic) bond motifs is 5. The smallest absolute Gasteiger partial charge is 0.307 e. The Kier molecular flexibility index (Phi) is 5.68. The van der Waals surface area contributed by atoms with Crippen LogP contribution in [0.1, 0.15) is 91.9 Å². The molecule has 5 unspecified atom stereocenters. The lowest BCUT2D eigenvalue weighted by molar-refractivity contribution is -0.174. The fourth-order valence-corrected chi connectivity index (χ4v) is 8.44. The molecule has 4 fully saturated rings. The third-order valence-electron chi connectivity index (χ3n) is 10.1. The molecule has 0 N–H and O–H groups in total. The van der Waals surface area contributed by atoms with Crippen molar-refractivity contribution in [3.8, 4) is 24.7 Å². The number of hydrogen-bond acceptors (Lipinski definition) is 4. The Balaban J connectivity index is 1.62. The number of carbonyl (C=O) groups excluding carboxylic acids is 2. The van der Waals surface area contributed by atoms with Gasteiger partial charge in [0.05, 0.1) is 0 Å². The second-order valence-corrected chi connectivity index (χ2v) is 11.3. The lowest BCUT2D eigenvalue weighted by Gasteiger charge is -2.58. The van der Waals surface area contributed by atoms with Crippen LogP contribution in [0.2, 0.25) is 0 Å². The largest absolute Gasteiger partial charge is 0.446 e. The Morgan fingerprint density at radius 3 is 2.19 bits per heavy atom. The van der Waals surface area contributed by atoms with Gasteiger partial charge in [0.25, 0.3) is 0 Å². The minimum absolute atomic E-state index is 0.0616. The summed E-state index contributed by atoms with van der Waals surface area (Å²) in [5, 5.41) is 0. The van der Waals surface area contributed by atoms with Gasteiger partial charge in [-0.3, -0.25) is 9.59 Å². The SMILES string of the molecule is C#CC1(OC(=O)CC)CCC2C3CCC4C[C@@](C#C)(OC(=O)CC)C[C@]4(C)C3CC[C@@]21C. The summed E-state index contributed by atoms with van der Waals surface area (Å²) in [5.74, 6) is 7.45. The average molecular weight is 439 g/mol. The van der Waals surface area contributed by atoms with Crippen LogP contribution in [-0.2, 0) is 19.1 Å². The van der Waals surface area contributed by atoms with Crippen LogP contribution < -0.4 is 0 Å². The first-order valence-corrected chi connectivity index (χ1v) is 12.5. The van der Waals surface area contributed by atoms with Crippen molar-refractivity contribution in [2.45, 2.75) is 103 Å². The molecule has 4 nitrogen and oxygen atoms in total. The minimum Gasteiger partial charge on any atom is -0.446 e. The molecule has 4 saturated carbocycles.